The molecular formula is C31H54. The van der Waals surface area contributed by atoms with Gasteiger partial charge in [0.1, 0.15) is 0 Å². The van der Waals surface area contributed by atoms with Gasteiger partial charge in [0.25, 0.3) is 0 Å². The molecule has 0 spiro atoms. The van der Waals surface area contributed by atoms with E-state index >= 15 is 0 Å². The highest BCUT2D eigenvalue weighted by Crippen LogP contribution is 2.79. The van der Waals surface area contributed by atoms with E-state index in [0.29, 0.717) is 32.5 Å². The predicted octanol–water partition coefficient (Wildman–Crippen LogP) is 9.52. The van der Waals surface area contributed by atoms with Gasteiger partial charge in [-0.15, -0.1) is 0 Å². The van der Waals surface area contributed by atoms with Crippen LogP contribution in [0.3, 0.4) is 0 Å². The monoisotopic (exact) mass is 426 g/mol. The fourth-order valence-corrected chi connectivity index (χ4v) is 12.4. The molecule has 0 amide bonds. The van der Waals surface area contributed by atoms with Gasteiger partial charge in [-0.2, -0.15) is 0 Å². The van der Waals surface area contributed by atoms with Crippen molar-refractivity contribution in [2.24, 2.45) is 62.1 Å². The van der Waals surface area contributed by atoms with Crippen LogP contribution in [0.25, 0.3) is 0 Å². The number of rotatable bonds is 1. The average molecular weight is 427 g/mol. The summed E-state index contributed by atoms with van der Waals surface area (Å²) < 4.78 is 0. The molecule has 0 N–H and O–H groups in total. The van der Waals surface area contributed by atoms with Crippen molar-refractivity contribution in [1.29, 1.82) is 0 Å². The average Bonchev–Trinajstić information content (AvgIpc) is 2.94. The minimum Gasteiger partial charge on any atom is -0.0622 e. The highest BCUT2D eigenvalue weighted by atomic mass is 14.8. The van der Waals surface area contributed by atoms with E-state index in [4.69, 9.17) is 0 Å². The smallest absolute Gasteiger partial charge is 0.0235 e. The van der Waals surface area contributed by atoms with Crippen LogP contribution < -0.4 is 0 Å². The van der Waals surface area contributed by atoms with Gasteiger partial charge >= 0.3 is 0 Å². The van der Waals surface area contributed by atoms with Crippen LogP contribution in [0.2, 0.25) is 0 Å². The Morgan fingerprint density at radius 1 is 0.516 bits per heavy atom. The summed E-state index contributed by atoms with van der Waals surface area (Å²) in [6.45, 7) is 24.1. The Balaban J connectivity index is 1.53. The van der Waals surface area contributed by atoms with Crippen molar-refractivity contribution < 1.29 is 0 Å². The lowest BCUT2D eigenvalue weighted by molar-refractivity contribution is -0.244. The van der Waals surface area contributed by atoms with E-state index in [-0.39, 0.29) is 0 Å². The Hall–Kier alpha value is 0. The second-order valence-electron chi connectivity index (χ2n) is 15.7. The van der Waals surface area contributed by atoms with Crippen molar-refractivity contribution in [3.05, 3.63) is 0 Å². The molecular weight excluding hydrogens is 372 g/mol. The quantitative estimate of drug-likeness (QED) is 0.391. The molecule has 5 aliphatic rings. The van der Waals surface area contributed by atoms with Gasteiger partial charge in [-0.3, -0.25) is 0 Å². The third-order valence-corrected chi connectivity index (χ3v) is 14.5. The molecule has 0 bridgehead atoms. The van der Waals surface area contributed by atoms with Gasteiger partial charge in [0, 0.05) is 0 Å². The first-order valence-corrected chi connectivity index (χ1v) is 14.3. The highest BCUT2D eigenvalue weighted by molar-refractivity contribution is 5.20. The van der Waals surface area contributed by atoms with Crippen LogP contribution in [0.4, 0.5) is 0 Å². The Labute approximate surface area is 195 Å². The molecule has 31 heavy (non-hydrogen) atoms. The van der Waals surface area contributed by atoms with Gasteiger partial charge in [0.2, 0.25) is 0 Å². The third-order valence-electron chi connectivity index (χ3n) is 14.5. The van der Waals surface area contributed by atoms with Gasteiger partial charge < -0.3 is 0 Å². The first-order valence-electron chi connectivity index (χ1n) is 14.3. The molecule has 9 atom stereocenters. The second-order valence-corrected chi connectivity index (χ2v) is 15.7. The maximum Gasteiger partial charge on any atom is -0.0235 e. The van der Waals surface area contributed by atoms with Crippen LogP contribution in [-0.4, -0.2) is 0 Å². The number of fused-ring (bicyclic) bond motifs is 7. The van der Waals surface area contributed by atoms with E-state index < -0.39 is 0 Å². The van der Waals surface area contributed by atoms with E-state index in [1.54, 1.807) is 0 Å². The Bertz CT molecular complexity index is 732. The summed E-state index contributed by atoms with van der Waals surface area (Å²) in [5.74, 6) is 4.65. The summed E-state index contributed by atoms with van der Waals surface area (Å²) in [5.41, 5.74) is 3.41. The first-order chi connectivity index (χ1) is 14.3. The van der Waals surface area contributed by atoms with Crippen LogP contribution in [0.5, 0.6) is 0 Å². The number of hydrogen-bond donors (Lipinski definition) is 0. The maximum absolute atomic E-state index is 2.81. The zero-order valence-electron chi connectivity index (χ0n) is 22.7. The molecule has 5 fully saturated rings. The molecule has 5 saturated carbocycles. The largest absolute Gasteiger partial charge is 0.0622 e. The molecule has 0 aromatic rings. The fraction of sp³-hybridized carbons (Fsp3) is 1.00. The maximum atomic E-state index is 2.81. The predicted molar refractivity (Wildman–Crippen MR) is 134 cm³/mol. The molecule has 0 aromatic heterocycles. The molecule has 0 heteroatoms. The van der Waals surface area contributed by atoms with E-state index in [2.05, 4.69) is 62.3 Å². The van der Waals surface area contributed by atoms with E-state index in [1.807, 2.05) is 0 Å². The summed E-state index contributed by atoms with van der Waals surface area (Å²) in [6.07, 6.45) is 16.5. The normalized spacial score (nSPS) is 58.3. The molecule has 5 rings (SSSR count). The van der Waals surface area contributed by atoms with Crippen molar-refractivity contribution in [1.82, 2.24) is 0 Å². The Morgan fingerprint density at radius 2 is 1.03 bits per heavy atom. The van der Waals surface area contributed by atoms with Gasteiger partial charge in [-0.1, -0.05) is 68.7 Å². The standard InChI is InChI=1S/C31H54/c1-21(2)27(5)19-20-29(7)23(27)14-18-31(9)25(29)12-11-24-28(6)16-10-15-26(3,4)22(28)13-17-30(24,31)8/h21-25H,10-20H2,1-9H3/t22-,23-,24+,25+,27+,28-,29-,30+,31+/m0/s1. The van der Waals surface area contributed by atoms with Crippen LogP contribution in [0.15, 0.2) is 0 Å². The fourth-order valence-electron chi connectivity index (χ4n) is 12.4. The zero-order chi connectivity index (χ0) is 22.7. The SMILES string of the molecule is CC(C)[C@@]1(C)CC[C@@]2(C)[C@H]1CC[C@]1(C)[C@@H]2CC[C@@H]2[C@@]3(C)CCCC(C)(C)[C@@H]3CC[C@]21C. The zero-order valence-corrected chi connectivity index (χ0v) is 22.7. The molecule has 0 saturated heterocycles. The van der Waals surface area contributed by atoms with Gasteiger partial charge in [0.05, 0.1) is 0 Å². The summed E-state index contributed by atoms with van der Waals surface area (Å²) in [4.78, 5) is 0. The summed E-state index contributed by atoms with van der Waals surface area (Å²) in [5, 5.41) is 0. The van der Waals surface area contributed by atoms with Crippen molar-refractivity contribution in [2.75, 3.05) is 0 Å². The van der Waals surface area contributed by atoms with E-state index in [0.717, 1.165) is 29.6 Å². The Kier molecular flexibility index (Phi) is 4.82. The van der Waals surface area contributed by atoms with Crippen LogP contribution in [-0.2, 0) is 0 Å². The summed E-state index contributed by atoms with van der Waals surface area (Å²) in [7, 11) is 0. The minimum absolute atomic E-state index is 0.555. The number of hydrogen-bond acceptors (Lipinski definition) is 0. The van der Waals surface area contributed by atoms with E-state index in [9.17, 15) is 0 Å². The van der Waals surface area contributed by atoms with Crippen LogP contribution in [0.1, 0.15) is 133 Å². The van der Waals surface area contributed by atoms with Crippen molar-refractivity contribution in [3.63, 3.8) is 0 Å². The lowest BCUT2D eigenvalue weighted by Gasteiger charge is -2.73. The first kappa shape index (κ1) is 22.8. The highest BCUT2D eigenvalue weighted by Gasteiger charge is 2.71. The molecule has 0 heterocycles. The van der Waals surface area contributed by atoms with Gasteiger partial charge in [-0.25, -0.2) is 0 Å². The molecule has 0 unspecified atom stereocenters. The lowest BCUT2D eigenvalue weighted by Crippen LogP contribution is -2.66. The Morgan fingerprint density at radius 3 is 1.58 bits per heavy atom. The molecule has 0 aliphatic heterocycles. The molecule has 0 aromatic carbocycles. The third kappa shape index (κ3) is 2.61. The van der Waals surface area contributed by atoms with Crippen molar-refractivity contribution in [2.45, 2.75) is 133 Å². The minimum atomic E-state index is 0.555. The molecule has 0 radical (unpaired) electrons. The summed E-state index contributed by atoms with van der Waals surface area (Å²) in [6, 6.07) is 0. The van der Waals surface area contributed by atoms with Gasteiger partial charge in [0.15, 0.2) is 0 Å². The van der Waals surface area contributed by atoms with Crippen LogP contribution >= 0.6 is 0 Å². The van der Waals surface area contributed by atoms with Crippen molar-refractivity contribution in [3.8, 4) is 0 Å². The summed E-state index contributed by atoms with van der Waals surface area (Å²) >= 11 is 0. The van der Waals surface area contributed by atoms with E-state index in [1.165, 1.54) is 70.6 Å². The van der Waals surface area contributed by atoms with Crippen LogP contribution in [0, 0.1) is 62.1 Å². The molecule has 0 nitrogen and oxygen atoms in total. The molecule has 5 aliphatic carbocycles. The van der Waals surface area contributed by atoms with Crippen molar-refractivity contribution >= 4 is 0 Å². The topological polar surface area (TPSA) is 0 Å². The lowest BCUT2D eigenvalue weighted by atomic mass is 9.31. The second kappa shape index (κ2) is 6.56. The van der Waals surface area contributed by atoms with Gasteiger partial charge in [-0.05, 0) is 126 Å². The molecule has 178 valence electrons.